The molecule has 0 atom stereocenters. The molecular formula is C40H30N4O8Zn. The van der Waals surface area contributed by atoms with E-state index in [9.17, 15) is 14.4 Å². The van der Waals surface area contributed by atoms with E-state index in [1.165, 1.54) is 0 Å². The standard InChI is InChI=1S/C18H10N2O.C12H6O3.C6H8N2.2CO2.2CH3.Zn/c21-18-13-8-4-6-11-5-3-7-12(16(11)13)17-19-14-9-1-2-10-15(14)20(17)18;13-11-8-5-1-3-7-4-2-6-9(10(7)8)12(14)15-11;7-5-3-1-2-4-6(5)8;2*2-1-3;;;/h1-10H;1-6H;1-4H,7-8H2;;;2*1H3;/q;;;;;2*-1;+2. The molecule has 0 saturated heterocycles. The molecular weight excluding hydrogens is 730 g/mol. The van der Waals surface area contributed by atoms with Crippen molar-refractivity contribution in [3.05, 3.63) is 158 Å². The SMILES string of the molecule is Nc1ccccc1N.O=C1OC(=O)c2cccc3cccc1c23.O=C=O.O=C=O.O=c1c2cccc3cccc(c32)c2nc3ccccc3n12.[CH3-].[CH3-].[Zn+2]. The number of carbonyl (C=O) groups is 2. The Morgan fingerprint density at radius 3 is 1.49 bits per heavy atom. The van der Waals surface area contributed by atoms with Crippen LogP contribution in [-0.4, -0.2) is 33.6 Å². The first-order valence-corrected chi connectivity index (χ1v) is 14.7. The number of cyclic esters (lactones) is 2. The van der Waals surface area contributed by atoms with Crippen LogP contribution in [0.3, 0.4) is 0 Å². The van der Waals surface area contributed by atoms with E-state index in [2.05, 4.69) is 9.72 Å². The van der Waals surface area contributed by atoms with Gasteiger partial charge in [-0.15, -0.1) is 0 Å². The van der Waals surface area contributed by atoms with Crippen LogP contribution in [0, 0.1) is 14.9 Å². The summed E-state index contributed by atoms with van der Waals surface area (Å²) in [5.74, 6) is -1.13. The van der Waals surface area contributed by atoms with Gasteiger partial charge in [0, 0.05) is 21.5 Å². The van der Waals surface area contributed by atoms with Crippen LogP contribution in [0.2, 0.25) is 0 Å². The Morgan fingerprint density at radius 1 is 0.547 bits per heavy atom. The minimum Gasteiger partial charge on any atom is -0.397 e. The van der Waals surface area contributed by atoms with E-state index in [0.717, 1.165) is 43.6 Å². The van der Waals surface area contributed by atoms with Gasteiger partial charge >= 0.3 is 43.7 Å². The number of rotatable bonds is 0. The molecule has 8 aromatic rings. The number of esters is 2. The number of hydrogen-bond donors (Lipinski definition) is 2. The molecule has 9 rings (SSSR count). The molecule has 0 aliphatic carbocycles. The van der Waals surface area contributed by atoms with Crippen LogP contribution in [0.25, 0.3) is 49.0 Å². The first kappa shape index (κ1) is 42.3. The summed E-state index contributed by atoms with van der Waals surface area (Å²) in [6, 6.07) is 37.6. The minimum atomic E-state index is -0.565. The molecule has 3 heterocycles. The first-order chi connectivity index (χ1) is 24.2. The number of nitrogens with zero attached hydrogens (tertiary/aromatic N) is 2. The van der Waals surface area contributed by atoms with Crippen molar-refractivity contribution in [3.8, 4) is 0 Å². The van der Waals surface area contributed by atoms with Gasteiger partial charge in [-0.05, 0) is 53.2 Å². The van der Waals surface area contributed by atoms with Crippen molar-refractivity contribution in [2.75, 3.05) is 11.5 Å². The molecule has 0 amide bonds. The van der Waals surface area contributed by atoms with Crippen molar-refractivity contribution in [2.24, 2.45) is 0 Å². The van der Waals surface area contributed by atoms with Gasteiger partial charge < -0.3 is 31.1 Å². The number of nitrogen functional groups attached to an aromatic ring is 2. The molecule has 0 radical (unpaired) electrons. The molecule has 0 saturated carbocycles. The Morgan fingerprint density at radius 2 is 0.981 bits per heavy atom. The number of benzene rings is 6. The number of aromatic nitrogens is 2. The predicted molar refractivity (Wildman–Crippen MR) is 197 cm³/mol. The number of fused-ring (bicyclic) bond motifs is 4. The van der Waals surface area contributed by atoms with Crippen LogP contribution in [0.4, 0.5) is 11.4 Å². The van der Waals surface area contributed by atoms with Crippen LogP contribution in [-0.2, 0) is 43.4 Å². The number of carbonyl (C=O) groups excluding carboxylic acids is 6. The van der Waals surface area contributed by atoms with Gasteiger partial charge in [-0.25, -0.2) is 14.6 Å². The van der Waals surface area contributed by atoms with Crippen molar-refractivity contribution < 1.29 is 53.0 Å². The van der Waals surface area contributed by atoms with E-state index >= 15 is 0 Å². The summed E-state index contributed by atoms with van der Waals surface area (Å²) >= 11 is 0. The molecule has 1 aliphatic rings. The Kier molecular flexibility index (Phi) is 15.1. The third-order valence-electron chi connectivity index (χ3n) is 7.67. The summed E-state index contributed by atoms with van der Waals surface area (Å²) in [4.78, 5) is 72.9. The topological polar surface area (TPSA) is 198 Å². The zero-order chi connectivity index (χ0) is 35.8. The third-order valence-corrected chi connectivity index (χ3v) is 7.67. The number of pyridine rings is 1. The van der Waals surface area contributed by atoms with Gasteiger partial charge in [0.1, 0.15) is 5.65 Å². The van der Waals surface area contributed by atoms with E-state index in [1.54, 1.807) is 40.8 Å². The van der Waals surface area contributed by atoms with Gasteiger partial charge in [0.15, 0.2) is 0 Å². The minimum absolute atomic E-state index is 0. The molecule has 0 fully saturated rings. The maximum Gasteiger partial charge on any atom is 2.00 e. The summed E-state index contributed by atoms with van der Waals surface area (Å²) in [7, 11) is 0. The van der Waals surface area contributed by atoms with Gasteiger partial charge in [-0.1, -0.05) is 78.9 Å². The zero-order valence-corrected chi connectivity index (χ0v) is 31.5. The number of nitrogens with two attached hydrogens (primary N) is 2. The second-order valence-corrected chi connectivity index (χ2v) is 10.5. The average Bonchev–Trinajstić information content (AvgIpc) is 3.52. The van der Waals surface area contributed by atoms with Crippen molar-refractivity contribution in [2.45, 2.75) is 0 Å². The number of ether oxygens (including phenoxy) is 1. The van der Waals surface area contributed by atoms with Crippen molar-refractivity contribution >= 4 is 84.6 Å². The molecule has 2 aromatic heterocycles. The maximum absolute atomic E-state index is 12.9. The summed E-state index contributed by atoms with van der Waals surface area (Å²) in [5, 5.41) is 5.44. The van der Waals surface area contributed by atoms with Gasteiger partial charge in [-0.2, -0.15) is 19.2 Å². The Hall–Kier alpha value is -6.90. The van der Waals surface area contributed by atoms with Crippen LogP contribution in [0.5, 0.6) is 0 Å². The molecule has 53 heavy (non-hydrogen) atoms. The summed E-state index contributed by atoms with van der Waals surface area (Å²) < 4.78 is 6.35. The zero-order valence-electron chi connectivity index (χ0n) is 28.6. The van der Waals surface area contributed by atoms with E-state index in [0.29, 0.717) is 27.9 Å². The normalized spacial score (nSPS) is 10.4. The Labute approximate surface area is 315 Å². The average molecular weight is 760 g/mol. The molecule has 12 nitrogen and oxygen atoms in total. The molecule has 6 aromatic carbocycles. The third kappa shape index (κ3) is 8.53. The van der Waals surface area contributed by atoms with Gasteiger partial charge in [0.2, 0.25) is 0 Å². The molecule has 4 N–H and O–H groups in total. The van der Waals surface area contributed by atoms with Crippen LogP contribution in [0.15, 0.2) is 126 Å². The first-order valence-electron chi connectivity index (χ1n) is 14.7. The maximum atomic E-state index is 12.9. The van der Waals surface area contributed by atoms with Crippen LogP contribution >= 0.6 is 0 Å². The fraction of sp³-hybridized carbons (Fsp3) is 0. The van der Waals surface area contributed by atoms with E-state index < -0.39 is 11.9 Å². The van der Waals surface area contributed by atoms with Crippen molar-refractivity contribution in [1.82, 2.24) is 9.38 Å². The number of imidazole rings is 1. The number of hydrogen-bond acceptors (Lipinski definition) is 11. The van der Waals surface area contributed by atoms with E-state index in [4.69, 9.17) is 30.6 Å². The Balaban J connectivity index is 0.000000268. The fourth-order valence-corrected chi connectivity index (χ4v) is 5.62. The number of anilines is 2. The second-order valence-electron chi connectivity index (χ2n) is 10.5. The van der Waals surface area contributed by atoms with Crippen LogP contribution in [0.1, 0.15) is 20.7 Å². The largest absolute Gasteiger partial charge is 2.00 e. The molecule has 13 heteroatoms. The van der Waals surface area contributed by atoms with Gasteiger partial charge in [0.25, 0.3) is 5.56 Å². The van der Waals surface area contributed by atoms with Gasteiger partial charge in [0.05, 0.1) is 33.5 Å². The quantitative estimate of drug-likeness (QED) is 0.0576. The number of para-hydroxylation sites is 4. The van der Waals surface area contributed by atoms with Gasteiger partial charge in [-0.3, -0.25) is 9.20 Å². The van der Waals surface area contributed by atoms with Crippen LogP contribution < -0.4 is 17.0 Å². The molecule has 0 spiro atoms. The summed E-state index contributed by atoms with van der Waals surface area (Å²) in [5.41, 5.74) is 15.5. The second kappa shape index (κ2) is 18.9. The fourth-order valence-electron chi connectivity index (χ4n) is 5.62. The molecule has 260 valence electrons. The van der Waals surface area contributed by atoms with Crippen molar-refractivity contribution in [3.63, 3.8) is 0 Å². The molecule has 1 aliphatic heterocycles. The molecule has 0 unspecified atom stereocenters. The summed E-state index contributed by atoms with van der Waals surface area (Å²) in [6.07, 6.45) is 0.500. The monoisotopic (exact) mass is 758 g/mol. The predicted octanol–water partition coefficient (Wildman–Crippen LogP) is 6.32. The summed E-state index contributed by atoms with van der Waals surface area (Å²) in [6.45, 7) is 0. The Bertz CT molecular complexity index is 2590. The molecule has 0 bridgehead atoms. The van der Waals surface area contributed by atoms with Crippen molar-refractivity contribution in [1.29, 1.82) is 0 Å². The smallest absolute Gasteiger partial charge is 0.397 e. The van der Waals surface area contributed by atoms with E-state index in [-0.39, 0.29) is 52.2 Å². The van der Waals surface area contributed by atoms with E-state index in [1.807, 2.05) is 84.9 Å².